The van der Waals surface area contributed by atoms with Crippen LogP contribution in [0.2, 0.25) is 0 Å². The summed E-state index contributed by atoms with van der Waals surface area (Å²) < 4.78 is 27.0. The van der Waals surface area contributed by atoms with E-state index in [2.05, 4.69) is 10.3 Å². The maximum absolute atomic E-state index is 13.8. The quantitative estimate of drug-likeness (QED) is 0.924. The number of nitrogens with one attached hydrogen (secondary N) is 1. The van der Waals surface area contributed by atoms with Crippen LogP contribution in [-0.4, -0.2) is 12.0 Å². The van der Waals surface area contributed by atoms with Crippen molar-refractivity contribution in [3.8, 4) is 0 Å². The van der Waals surface area contributed by atoms with Gasteiger partial charge in [-0.15, -0.1) is 0 Å². The van der Waals surface area contributed by atoms with Crippen LogP contribution in [0.1, 0.15) is 28.4 Å². The second-order valence-electron chi connectivity index (χ2n) is 4.97. The van der Waals surface area contributed by atoms with Crippen LogP contribution in [0.5, 0.6) is 0 Å². The van der Waals surface area contributed by atoms with E-state index in [-0.39, 0.29) is 6.04 Å². The lowest BCUT2D eigenvalue weighted by Crippen LogP contribution is -2.21. The minimum absolute atomic E-state index is 0.146. The molecule has 1 unspecified atom stereocenters. The number of aryl methyl sites for hydroxylation is 2. The highest BCUT2D eigenvalue weighted by Gasteiger charge is 2.17. The highest BCUT2D eigenvalue weighted by molar-refractivity contribution is 5.28. The van der Waals surface area contributed by atoms with Crippen LogP contribution in [-0.2, 0) is 6.42 Å². The molecule has 0 radical (unpaired) electrons. The fourth-order valence-corrected chi connectivity index (χ4v) is 2.35. The second-order valence-corrected chi connectivity index (χ2v) is 4.97. The number of aromatic nitrogens is 1. The summed E-state index contributed by atoms with van der Waals surface area (Å²) in [6, 6.07) is 6.14. The first-order valence-electron chi connectivity index (χ1n) is 6.56. The third kappa shape index (κ3) is 3.02. The maximum atomic E-state index is 13.8. The van der Waals surface area contributed by atoms with Crippen molar-refractivity contribution in [3.63, 3.8) is 0 Å². The normalized spacial score (nSPS) is 12.4. The molecule has 1 atom stereocenters. The minimum Gasteiger partial charge on any atom is -0.311 e. The topological polar surface area (TPSA) is 24.9 Å². The van der Waals surface area contributed by atoms with Crippen LogP contribution in [0.3, 0.4) is 0 Å². The molecule has 2 aromatic rings. The van der Waals surface area contributed by atoms with Crippen molar-refractivity contribution < 1.29 is 8.78 Å². The lowest BCUT2D eigenvalue weighted by molar-refractivity contribution is 0.484. The first-order valence-corrected chi connectivity index (χ1v) is 6.56. The van der Waals surface area contributed by atoms with Gasteiger partial charge in [0.2, 0.25) is 0 Å². The molecule has 20 heavy (non-hydrogen) atoms. The molecule has 1 N–H and O–H groups in total. The molecule has 0 saturated heterocycles. The lowest BCUT2D eigenvalue weighted by atomic mass is 9.99. The van der Waals surface area contributed by atoms with Crippen LogP contribution in [0.15, 0.2) is 30.5 Å². The van der Waals surface area contributed by atoms with E-state index in [9.17, 15) is 8.78 Å². The summed E-state index contributed by atoms with van der Waals surface area (Å²) in [5.41, 5.74) is 3.34. The van der Waals surface area contributed by atoms with Gasteiger partial charge in [0.25, 0.3) is 0 Å². The molecule has 0 aliphatic heterocycles. The van der Waals surface area contributed by atoms with Crippen molar-refractivity contribution in [1.82, 2.24) is 10.3 Å². The molecular weight excluding hydrogens is 258 g/mol. The van der Waals surface area contributed by atoms with E-state index in [1.54, 1.807) is 19.3 Å². The molecule has 1 aromatic carbocycles. The van der Waals surface area contributed by atoms with E-state index >= 15 is 0 Å². The van der Waals surface area contributed by atoms with Gasteiger partial charge in [-0.1, -0.05) is 18.2 Å². The van der Waals surface area contributed by atoms with Crippen molar-refractivity contribution in [2.24, 2.45) is 0 Å². The van der Waals surface area contributed by atoms with E-state index in [1.165, 1.54) is 6.07 Å². The Bertz CT molecular complexity index is 611. The average molecular weight is 276 g/mol. The monoisotopic (exact) mass is 276 g/mol. The zero-order valence-corrected chi connectivity index (χ0v) is 11.9. The number of halogens is 2. The Morgan fingerprint density at radius 1 is 1.25 bits per heavy atom. The number of benzene rings is 1. The Morgan fingerprint density at radius 3 is 2.65 bits per heavy atom. The van der Waals surface area contributed by atoms with Gasteiger partial charge < -0.3 is 5.32 Å². The molecule has 0 spiro atoms. The van der Waals surface area contributed by atoms with E-state index < -0.39 is 11.6 Å². The van der Waals surface area contributed by atoms with Crippen LogP contribution in [0, 0.1) is 25.5 Å². The van der Waals surface area contributed by atoms with Gasteiger partial charge in [0.1, 0.15) is 0 Å². The number of likely N-dealkylation sites (N-methyl/N-ethyl adjacent to an activating group) is 1. The van der Waals surface area contributed by atoms with Crippen LogP contribution >= 0.6 is 0 Å². The highest BCUT2D eigenvalue weighted by Crippen LogP contribution is 2.22. The van der Waals surface area contributed by atoms with E-state index in [4.69, 9.17) is 0 Å². The molecule has 0 fully saturated rings. The van der Waals surface area contributed by atoms with E-state index in [1.807, 2.05) is 19.9 Å². The molecule has 0 saturated carbocycles. The number of rotatable bonds is 4. The van der Waals surface area contributed by atoms with Gasteiger partial charge in [0.05, 0.1) is 11.7 Å². The van der Waals surface area contributed by atoms with Gasteiger partial charge in [0.15, 0.2) is 11.6 Å². The zero-order chi connectivity index (χ0) is 14.7. The Morgan fingerprint density at radius 2 is 2.00 bits per heavy atom. The summed E-state index contributed by atoms with van der Waals surface area (Å²) in [6.45, 7) is 3.95. The summed E-state index contributed by atoms with van der Waals surface area (Å²) >= 11 is 0. The van der Waals surface area contributed by atoms with Crippen LogP contribution in [0.4, 0.5) is 8.78 Å². The van der Waals surface area contributed by atoms with Gasteiger partial charge in [-0.2, -0.15) is 0 Å². The molecule has 1 heterocycles. The Balaban J connectivity index is 2.31. The molecule has 4 heteroatoms. The molecule has 0 aliphatic carbocycles. The molecule has 106 valence electrons. The van der Waals surface area contributed by atoms with Crippen molar-refractivity contribution >= 4 is 0 Å². The summed E-state index contributed by atoms with van der Waals surface area (Å²) in [5, 5.41) is 3.12. The first kappa shape index (κ1) is 14.6. The summed E-state index contributed by atoms with van der Waals surface area (Å²) in [6.07, 6.45) is 2.14. The number of hydrogen-bond donors (Lipinski definition) is 1. The fourth-order valence-electron chi connectivity index (χ4n) is 2.35. The first-order chi connectivity index (χ1) is 9.52. The van der Waals surface area contributed by atoms with Gasteiger partial charge in [-0.25, -0.2) is 8.78 Å². The molecule has 0 amide bonds. The minimum atomic E-state index is -0.814. The smallest absolute Gasteiger partial charge is 0.162 e. The van der Waals surface area contributed by atoms with Crippen molar-refractivity contribution in [2.75, 3.05) is 7.05 Å². The predicted molar refractivity (Wildman–Crippen MR) is 75.6 cm³/mol. The second kappa shape index (κ2) is 6.09. The Labute approximate surface area is 117 Å². The standard InChI is InChI=1S/C16H18F2N2/c1-10-7-11(2)16(20-9-10)14(19-3)8-12-5-4-6-13(17)15(12)18/h4-7,9,14,19H,8H2,1-3H3. The maximum Gasteiger partial charge on any atom is 0.162 e. The van der Waals surface area contributed by atoms with Crippen LogP contribution in [0.25, 0.3) is 0 Å². The molecule has 2 rings (SSSR count). The predicted octanol–water partition coefficient (Wildman–Crippen LogP) is 3.48. The van der Waals surface area contributed by atoms with Crippen molar-refractivity contribution in [3.05, 3.63) is 64.5 Å². The fraction of sp³-hybridized carbons (Fsp3) is 0.312. The SMILES string of the molecule is CNC(Cc1cccc(F)c1F)c1ncc(C)cc1C. The number of hydrogen-bond acceptors (Lipinski definition) is 2. The van der Waals surface area contributed by atoms with Gasteiger partial charge in [-0.05, 0) is 50.1 Å². The molecule has 0 bridgehead atoms. The number of nitrogens with zero attached hydrogens (tertiary/aromatic N) is 1. The summed E-state index contributed by atoms with van der Waals surface area (Å²) in [4.78, 5) is 4.42. The molecule has 1 aromatic heterocycles. The molecule has 2 nitrogen and oxygen atoms in total. The van der Waals surface area contributed by atoms with Crippen molar-refractivity contribution in [2.45, 2.75) is 26.3 Å². The number of pyridine rings is 1. The van der Waals surface area contributed by atoms with Gasteiger partial charge in [0, 0.05) is 6.20 Å². The van der Waals surface area contributed by atoms with Gasteiger partial charge >= 0.3 is 0 Å². The third-order valence-corrected chi connectivity index (χ3v) is 3.39. The van der Waals surface area contributed by atoms with E-state index in [0.29, 0.717) is 12.0 Å². The summed E-state index contributed by atoms with van der Waals surface area (Å²) in [5.74, 6) is -1.59. The van der Waals surface area contributed by atoms with Crippen LogP contribution < -0.4 is 5.32 Å². The zero-order valence-electron chi connectivity index (χ0n) is 11.9. The van der Waals surface area contributed by atoms with Crippen molar-refractivity contribution in [1.29, 1.82) is 0 Å². The van der Waals surface area contributed by atoms with E-state index in [0.717, 1.165) is 22.9 Å². The Hall–Kier alpha value is -1.81. The highest BCUT2D eigenvalue weighted by atomic mass is 19.2. The third-order valence-electron chi connectivity index (χ3n) is 3.39. The Kier molecular flexibility index (Phi) is 4.45. The molecular formula is C16H18F2N2. The summed E-state index contributed by atoms with van der Waals surface area (Å²) in [7, 11) is 1.79. The van der Waals surface area contributed by atoms with Gasteiger partial charge in [-0.3, -0.25) is 4.98 Å². The molecule has 0 aliphatic rings. The largest absolute Gasteiger partial charge is 0.311 e. The lowest BCUT2D eigenvalue weighted by Gasteiger charge is -2.18. The average Bonchev–Trinajstić information content (AvgIpc) is 2.41.